The van der Waals surface area contributed by atoms with Gasteiger partial charge < -0.3 is 15.0 Å². The molecule has 0 aliphatic rings. The number of aromatic nitrogens is 2. The fraction of sp³-hybridized carbons (Fsp3) is 0.312. The molecule has 26 heavy (non-hydrogen) atoms. The summed E-state index contributed by atoms with van der Waals surface area (Å²) in [5.41, 5.74) is 0.287. The summed E-state index contributed by atoms with van der Waals surface area (Å²) in [5, 5.41) is 5.28. The third-order valence-electron chi connectivity index (χ3n) is 3.30. The van der Waals surface area contributed by atoms with Crippen LogP contribution in [0.1, 0.15) is 11.3 Å². The van der Waals surface area contributed by atoms with Gasteiger partial charge in [-0.25, -0.2) is 9.78 Å². The van der Waals surface area contributed by atoms with Crippen molar-refractivity contribution in [2.75, 3.05) is 36.7 Å². The Balaban J connectivity index is 2.11. The number of rotatable bonds is 5. The molecule has 0 radical (unpaired) electrons. The summed E-state index contributed by atoms with van der Waals surface area (Å²) in [7, 11) is 4.45. The molecule has 1 aromatic heterocycles. The number of amides is 1. The Hall–Kier alpha value is -3.04. The number of alkyl halides is 3. The molecule has 0 fully saturated rings. The molecule has 0 spiro atoms. The lowest BCUT2D eigenvalue weighted by molar-refractivity contribution is -0.141. The molecule has 0 aliphatic carbocycles. The molecule has 0 saturated heterocycles. The van der Waals surface area contributed by atoms with Crippen LogP contribution >= 0.6 is 0 Å². The minimum atomic E-state index is -4.56. The molecule has 0 atom stereocenters. The van der Waals surface area contributed by atoms with Crippen molar-refractivity contribution < 1.29 is 22.7 Å². The predicted molar refractivity (Wildman–Crippen MR) is 91.2 cm³/mol. The molecule has 0 bridgehead atoms. The Morgan fingerprint density at radius 1 is 1.19 bits per heavy atom. The number of ether oxygens (including phenoxy) is 1. The second kappa shape index (κ2) is 7.89. The molecule has 1 aromatic carbocycles. The Bertz CT molecular complexity index is 763. The molecule has 2 aromatic rings. The van der Waals surface area contributed by atoms with E-state index in [1.165, 1.54) is 12.0 Å². The first kappa shape index (κ1) is 19.3. The fourth-order valence-electron chi connectivity index (χ4n) is 1.94. The van der Waals surface area contributed by atoms with E-state index in [0.29, 0.717) is 5.69 Å². The van der Waals surface area contributed by atoms with Crippen molar-refractivity contribution in [1.29, 1.82) is 0 Å². The van der Waals surface area contributed by atoms with Crippen LogP contribution in [0.4, 0.5) is 35.4 Å². The van der Waals surface area contributed by atoms with Gasteiger partial charge in [-0.3, -0.25) is 5.32 Å². The average molecular weight is 369 g/mol. The van der Waals surface area contributed by atoms with Crippen molar-refractivity contribution in [3.05, 3.63) is 41.6 Å². The molecule has 2 rings (SSSR count). The van der Waals surface area contributed by atoms with Crippen LogP contribution in [0, 0.1) is 0 Å². The van der Waals surface area contributed by atoms with Crippen LogP contribution in [0.25, 0.3) is 0 Å². The number of anilines is 3. The van der Waals surface area contributed by atoms with Gasteiger partial charge in [-0.05, 0) is 17.7 Å². The summed E-state index contributed by atoms with van der Waals surface area (Å²) in [6, 6.07) is 7.59. The van der Waals surface area contributed by atoms with Crippen LogP contribution in [-0.4, -0.2) is 37.3 Å². The van der Waals surface area contributed by atoms with Crippen LogP contribution in [0.2, 0.25) is 0 Å². The van der Waals surface area contributed by atoms with Gasteiger partial charge in [0.2, 0.25) is 5.95 Å². The number of hydrogen-bond acceptors (Lipinski definition) is 6. The number of carbonyl (C=O) groups excluding carboxylic acids is 1. The highest BCUT2D eigenvalue weighted by Gasteiger charge is 2.34. The largest absolute Gasteiger partial charge is 0.453 e. The highest BCUT2D eigenvalue weighted by molar-refractivity contribution is 5.84. The van der Waals surface area contributed by atoms with Gasteiger partial charge in [0.25, 0.3) is 0 Å². The zero-order valence-electron chi connectivity index (χ0n) is 14.4. The lowest BCUT2D eigenvalue weighted by Crippen LogP contribution is -2.17. The van der Waals surface area contributed by atoms with Gasteiger partial charge in [-0.1, -0.05) is 12.1 Å². The molecule has 1 heterocycles. The lowest BCUT2D eigenvalue weighted by Gasteiger charge is -2.16. The Morgan fingerprint density at radius 3 is 2.38 bits per heavy atom. The minimum Gasteiger partial charge on any atom is -0.453 e. The van der Waals surface area contributed by atoms with E-state index in [-0.39, 0.29) is 18.3 Å². The Kier molecular flexibility index (Phi) is 5.86. The van der Waals surface area contributed by atoms with Crippen LogP contribution in [-0.2, 0) is 17.5 Å². The number of halogens is 3. The van der Waals surface area contributed by atoms with Crippen LogP contribution in [0.5, 0.6) is 0 Å². The molecule has 1 amide bonds. The van der Waals surface area contributed by atoms with E-state index in [4.69, 9.17) is 0 Å². The smallest absolute Gasteiger partial charge is 0.433 e. The van der Waals surface area contributed by atoms with E-state index in [9.17, 15) is 18.0 Å². The quantitative estimate of drug-likeness (QED) is 0.841. The summed E-state index contributed by atoms with van der Waals surface area (Å²) in [6.07, 6.45) is -5.16. The fourth-order valence-corrected chi connectivity index (χ4v) is 1.94. The Labute approximate surface area is 148 Å². The summed E-state index contributed by atoms with van der Waals surface area (Å²) >= 11 is 0. The second-order valence-electron chi connectivity index (χ2n) is 5.49. The van der Waals surface area contributed by atoms with Gasteiger partial charge in [0, 0.05) is 32.4 Å². The van der Waals surface area contributed by atoms with Crippen molar-refractivity contribution >= 4 is 23.5 Å². The van der Waals surface area contributed by atoms with Crippen LogP contribution < -0.4 is 15.5 Å². The number of nitrogens with zero attached hydrogens (tertiary/aromatic N) is 3. The number of nitrogens with one attached hydrogen (secondary N) is 2. The first-order valence-corrected chi connectivity index (χ1v) is 7.50. The summed E-state index contributed by atoms with van der Waals surface area (Å²) < 4.78 is 43.4. The van der Waals surface area contributed by atoms with Crippen molar-refractivity contribution in [3.63, 3.8) is 0 Å². The van der Waals surface area contributed by atoms with Gasteiger partial charge in [0.05, 0.1) is 7.11 Å². The predicted octanol–water partition coefficient (Wildman–Crippen LogP) is 3.35. The highest BCUT2D eigenvalue weighted by Crippen LogP contribution is 2.30. The monoisotopic (exact) mass is 369 g/mol. The maximum atomic E-state index is 13.0. The molecular formula is C16H18F3N5O2. The normalized spacial score (nSPS) is 11.0. The van der Waals surface area contributed by atoms with E-state index in [0.717, 1.165) is 11.6 Å². The topological polar surface area (TPSA) is 79.4 Å². The van der Waals surface area contributed by atoms with Gasteiger partial charge in [0.15, 0.2) is 5.69 Å². The molecule has 140 valence electrons. The van der Waals surface area contributed by atoms with E-state index in [1.54, 1.807) is 38.4 Å². The maximum Gasteiger partial charge on any atom is 0.433 e. The van der Waals surface area contributed by atoms with E-state index in [2.05, 4.69) is 25.3 Å². The molecule has 7 nitrogen and oxygen atoms in total. The average Bonchev–Trinajstić information content (AvgIpc) is 2.60. The molecular weight excluding hydrogens is 351 g/mol. The highest BCUT2D eigenvalue weighted by atomic mass is 19.4. The second-order valence-corrected chi connectivity index (χ2v) is 5.49. The minimum absolute atomic E-state index is 0.125. The first-order chi connectivity index (χ1) is 12.2. The maximum absolute atomic E-state index is 13.0. The number of methoxy groups -OCH3 is 1. The third kappa shape index (κ3) is 5.23. The Morgan fingerprint density at radius 2 is 1.85 bits per heavy atom. The third-order valence-corrected chi connectivity index (χ3v) is 3.30. The number of benzene rings is 1. The van der Waals surface area contributed by atoms with Gasteiger partial charge in [-0.2, -0.15) is 18.2 Å². The SMILES string of the molecule is COC(=O)Nc1ccc(CNc2nc(N(C)C)cc(C(F)(F)F)n2)cc1. The van der Waals surface area contributed by atoms with Gasteiger partial charge in [-0.15, -0.1) is 0 Å². The van der Waals surface area contributed by atoms with E-state index in [1.807, 2.05) is 0 Å². The molecule has 0 unspecified atom stereocenters. The standard InChI is InChI=1S/C16H18F3N5O2/c1-24(2)13-8-12(16(17,18)19)22-14(23-13)20-9-10-4-6-11(7-5-10)21-15(25)26-3/h4-8H,9H2,1-3H3,(H,21,25)(H,20,22,23). The van der Waals surface area contributed by atoms with Crippen LogP contribution in [0.15, 0.2) is 30.3 Å². The van der Waals surface area contributed by atoms with Crippen LogP contribution in [0.3, 0.4) is 0 Å². The lowest BCUT2D eigenvalue weighted by atomic mass is 10.2. The molecule has 10 heteroatoms. The van der Waals surface area contributed by atoms with Crippen molar-refractivity contribution in [2.45, 2.75) is 12.7 Å². The van der Waals surface area contributed by atoms with Gasteiger partial charge in [0.1, 0.15) is 5.82 Å². The van der Waals surface area contributed by atoms with Crippen molar-refractivity contribution in [1.82, 2.24) is 9.97 Å². The summed E-state index contributed by atoms with van der Waals surface area (Å²) in [6.45, 7) is 0.215. The number of carbonyl (C=O) groups is 1. The summed E-state index contributed by atoms with van der Waals surface area (Å²) in [5.74, 6) is 0.0211. The van der Waals surface area contributed by atoms with Gasteiger partial charge >= 0.3 is 12.3 Å². The zero-order chi connectivity index (χ0) is 19.3. The summed E-state index contributed by atoms with van der Waals surface area (Å²) in [4.78, 5) is 20.2. The van der Waals surface area contributed by atoms with Crippen molar-refractivity contribution in [3.8, 4) is 0 Å². The van der Waals surface area contributed by atoms with E-state index >= 15 is 0 Å². The van der Waals surface area contributed by atoms with E-state index < -0.39 is 18.0 Å². The molecule has 0 saturated carbocycles. The number of hydrogen-bond donors (Lipinski definition) is 2. The molecule has 0 aliphatic heterocycles. The first-order valence-electron chi connectivity index (χ1n) is 7.50. The van der Waals surface area contributed by atoms with Crippen molar-refractivity contribution in [2.24, 2.45) is 0 Å². The zero-order valence-corrected chi connectivity index (χ0v) is 14.4. The molecule has 2 N–H and O–H groups in total.